The Balaban J connectivity index is 3.32. The average molecular weight is 188 g/mol. The normalized spacial score (nSPS) is 13.6. The third-order valence-corrected chi connectivity index (χ3v) is 2.27. The van der Waals surface area contributed by atoms with Crippen molar-refractivity contribution in [1.29, 1.82) is 0 Å². The lowest BCUT2D eigenvalue weighted by atomic mass is 10.3. The summed E-state index contributed by atoms with van der Waals surface area (Å²) in [6.45, 7) is 8.46. The molecule has 1 N–H and O–H groups in total. The lowest BCUT2D eigenvalue weighted by molar-refractivity contribution is 0.115. The number of hydrogen-bond acceptors (Lipinski definition) is 3. The van der Waals surface area contributed by atoms with E-state index in [4.69, 9.17) is 4.74 Å². The van der Waals surface area contributed by atoms with Crippen molar-refractivity contribution in [3.8, 4) is 0 Å². The zero-order valence-electron chi connectivity index (χ0n) is 9.47. The Labute approximate surface area is 82.4 Å². The number of methoxy groups -OCH3 is 1. The molecular weight excluding hydrogens is 164 g/mol. The molecule has 0 bridgehead atoms. The third-order valence-electron chi connectivity index (χ3n) is 2.27. The van der Waals surface area contributed by atoms with E-state index in [0.29, 0.717) is 6.04 Å². The molecule has 0 radical (unpaired) electrons. The molecule has 13 heavy (non-hydrogen) atoms. The summed E-state index contributed by atoms with van der Waals surface area (Å²) < 4.78 is 5.09. The smallest absolute Gasteiger partial charge is 0.0615 e. The second kappa shape index (κ2) is 8.48. The Hall–Kier alpha value is -0.120. The van der Waals surface area contributed by atoms with Gasteiger partial charge >= 0.3 is 0 Å². The van der Waals surface area contributed by atoms with Crippen LogP contribution in [0.4, 0.5) is 0 Å². The summed E-state index contributed by atoms with van der Waals surface area (Å²) in [6, 6.07) is 0.520. The van der Waals surface area contributed by atoms with Crippen molar-refractivity contribution < 1.29 is 4.74 Å². The van der Waals surface area contributed by atoms with Gasteiger partial charge in [-0.15, -0.1) is 0 Å². The average Bonchev–Trinajstić information content (AvgIpc) is 2.12. The maximum Gasteiger partial charge on any atom is 0.0615 e. The third kappa shape index (κ3) is 6.99. The highest BCUT2D eigenvalue weighted by molar-refractivity contribution is 4.62. The SMILES string of the molecule is CCNCCCN(C)C(C)COC. The van der Waals surface area contributed by atoms with Crippen LogP contribution in [-0.4, -0.2) is 51.3 Å². The Morgan fingerprint density at radius 3 is 2.69 bits per heavy atom. The zero-order chi connectivity index (χ0) is 10.1. The Kier molecular flexibility index (Phi) is 8.40. The number of nitrogens with zero attached hydrogens (tertiary/aromatic N) is 1. The van der Waals surface area contributed by atoms with E-state index >= 15 is 0 Å². The van der Waals surface area contributed by atoms with Crippen molar-refractivity contribution in [2.45, 2.75) is 26.3 Å². The molecule has 0 spiro atoms. The van der Waals surface area contributed by atoms with Crippen LogP contribution in [0.2, 0.25) is 0 Å². The van der Waals surface area contributed by atoms with E-state index in [1.165, 1.54) is 6.42 Å². The predicted molar refractivity (Wildman–Crippen MR) is 57.1 cm³/mol. The number of ether oxygens (including phenoxy) is 1. The zero-order valence-corrected chi connectivity index (χ0v) is 9.47. The van der Waals surface area contributed by atoms with Gasteiger partial charge in [0.1, 0.15) is 0 Å². The van der Waals surface area contributed by atoms with Crippen LogP contribution in [-0.2, 0) is 4.74 Å². The maximum absolute atomic E-state index is 5.09. The number of rotatable bonds is 8. The highest BCUT2D eigenvalue weighted by Crippen LogP contribution is 1.96. The minimum Gasteiger partial charge on any atom is -0.383 e. The van der Waals surface area contributed by atoms with Crippen LogP contribution in [0.1, 0.15) is 20.3 Å². The van der Waals surface area contributed by atoms with E-state index in [2.05, 4.69) is 31.1 Å². The molecule has 0 aliphatic rings. The van der Waals surface area contributed by atoms with Gasteiger partial charge in [-0.25, -0.2) is 0 Å². The van der Waals surface area contributed by atoms with Gasteiger partial charge in [0, 0.05) is 13.2 Å². The summed E-state index contributed by atoms with van der Waals surface area (Å²) in [5.74, 6) is 0. The molecule has 0 aliphatic heterocycles. The van der Waals surface area contributed by atoms with Crippen LogP contribution in [0.15, 0.2) is 0 Å². The molecule has 3 nitrogen and oxygen atoms in total. The molecule has 0 aromatic carbocycles. The van der Waals surface area contributed by atoms with Gasteiger partial charge in [0.05, 0.1) is 6.61 Å². The molecule has 80 valence electrons. The number of nitrogens with one attached hydrogen (secondary N) is 1. The van der Waals surface area contributed by atoms with E-state index in [1.807, 2.05) is 0 Å². The predicted octanol–water partition coefficient (Wildman–Crippen LogP) is 0.953. The molecule has 0 saturated heterocycles. The van der Waals surface area contributed by atoms with Gasteiger partial charge in [-0.3, -0.25) is 0 Å². The van der Waals surface area contributed by atoms with E-state index in [1.54, 1.807) is 7.11 Å². The molecule has 0 rings (SSSR count). The van der Waals surface area contributed by atoms with Crippen molar-refractivity contribution in [2.24, 2.45) is 0 Å². The molecule has 0 aromatic rings. The highest BCUT2D eigenvalue weighted by atomic mass is 16.5. The fourth-order valence-electron chi connectivity index (χ4n) is 1.22. The molecule has 0 fully saturated rings. The van der Waals surface area contributed by atoms with Gasteiger partial charge in [-0.05, 0) is 40.0 Å². The van der Waals surface area contributed by atoms with Gasteiger partial charge in [0.25, 0.3) is 0 Å². The van der Waals surface area contributed by atoms with E-state index in [-0.39, 0.29) is 0 Å². The van der Waals surface area contributed by atoms with Gasteiger partial charge in [0.2, 0.25) is 0 Å². The largest absolute Gasteiger partial charge is 0.383 e. The summed E-state index contributed by atoms with van der Waals surface area (Å²) in [4.78, 5) is 2.33. The fraction of sp³-hybridized carbons (Fsp3) is 1.00. The van der Waals surface area contributed by atoms with Gasteiger partial charge < -0.3 is 15.0 Å². The summed E-state index contributed by atoms with van der Waals surface area (Å²) in [7, 11) is 3.90. The second-order valence-corrected chi connectivity index (χ2v) is 3.49. The summed E-state index contributed by atoms with van der Waals surface area (Å²) in [6.07, 6.45) is 1.21. The topological polar surface area (TPSA) is 24.5 Å². The molecule has 0 aromatic heterocycles. The molecule has 0 amide bonds. The van der Waals surface area contributed by atoms with E-state index in [0.717, 1.165) is 26.2 Å². The fourth-order valence-corrected chi connectivity index (χ4v) is 1.22. The van der Waals surface area contributed by atoms with Crippen molar-refractivity contribution in [1.82, 2.24) is 10.2 Å². The lowest BCUT2D eigenvalue weighted by Gasteiger charge is -2.23. The molecule has 0 aliphatic carbocycles. The molecule has 1 unspecified atom stereocenters. The number of likely N-dealkylation sites (N-methyl/N-ethyl adjacent to an activating group) is 1. The van der Waals surface area contributed by atoms with Crippen LogP contribution in [0.25, 0.3) is 0 Å². The second-order valence-electron chi connectivity index (χ2n) is 3.49. The Bertz CT molecular complexity index is 109. The Morgan fingerprint density at radius 2 is 2.15 bits per heavy atom. The summed E-state index contributed by atoms with van der Waals surface area (Å²) in [5, 5.41) is 3.32. The monoisotopic (exact) mass is 188 g/mol. The minimum absolute atomic E-state index is 0.520. The first-order valence-corrected chi connectivity index (χ1v) is 5.12. The number of hydrogen-bond donors (Lipinski definition) is 1. The molecule has 3 heteroatoms. The van der Waals surface area contributed by atoms with Crippen LogP contribution < -0.4 is 5.32 Å². The quantitative estimate of drug-likeness (QED) is 0.574. The Morgan fingerprint density at radius 1 is 1.46 bits per heavy atom. The molecule has 1 atom stereocenters. The van der Waals surface area contributed by atoms with Crippen molar-refractivity contribution in [2.75, 3.05) is 40.4 Å². The lowest BCUT2D eigenvalue weighted by Crippen LogP contribution is -2.34. The maximum atomic E-state index is 5.09. The first kappa shape index (κ1) is 12.9. The van der Waals surface area contributed by atoms with Crippen LogP contribution >= 0.6 is 0 Å². The van der Waals surface area contributed by atoms with Crippen LogP contribution in [0.3, 0.4) is 0 Å². The first-order valence-electron chi connectivity index (χ1n) is 5.12. The molecule has 0 heterocycles. The standard InChI is InChI=1S/C10H24N2O/c1-5-11-7-6-8-12(3)10(2)9-13-4/h10-11H,5-9H2,1-4H3. The summed E-state index contributed by atoms with van der Waals surface area (Å²) in [5.41, 5.74) is 0. The van der Waals surface area contributed by atoms with Gasteiger partial charge in [0.15, 0.2) is 0 Å². The van der Waals surface area contributed by atoms with Gasteiger partial charge in [-0.2, -0.15) is 0 Å². The van der Waals surface area contributed by atoms with Crippen LogP contribution in [0.5, 0.6) is 0 Å². The minimum atomic E-state index is 0.520. The molecular formula is C10H24N2O. The van der Waals surface area contributed by atoms with Gasteiger partial charge in [-0.1, -0.05) is 6.92 Å². The van der Waals surface area contributed by atoms with E-state index in [9.17, 15) is 0 Å². The van der Waals surface area contributed by atoms with Crippen molar-refractivity contribution >= 4 is 0 Å². The van der Waals surface area contributed by atoms with Crippen molar-refractivity contribution in [3.05, 3.63) is 0 Å². The van der Waals surface area contributed by atoms with Crippen LogP contribution in [0, 0.1) is 0 Å². The molecule has 0 saturated carbocycles. The van der Waals surface area contributed by atoms with E-state index < -0.39 is 0 Å². The van der Waals surface area contributed by atoms with Crippen molar-refractivity contribution in [3.63, 3.8) is 0 Å². The highest BCUT2D eigenvalue weighted by Gasteiger charge is 2.06. The summed E-state index contributed by atoms with van der Waals surface area (Å²) >= 11 is 0. The first-order chi connectivity index (χ1) is 6.22.